The number of hydrogen-bond donors (Lipinski definition) is 0. The Bertz CT molecular complexity index is 475. The molecule has 0 aromatic heterocycles. The summed E-state index contributed by atoms with van der Waals surface area (Å²) in [6.07, 6.45) is -1.69. The van der Waals surface area contributed by atoms with Crippen LogP contribution in [0.15, 0.2) is 30.3 Å². The van der Waals surface area contributed by atoms with Crippen molar-refractivity contribution in [3.8, 4) is 0 Å². The van der Waals surface area contributed by atoms with Crippen LogP contribution in [0.4, 0.5) is 13.2 Å². The molecule has 1 aliphatic rings. The Morgan fingerprint density at radius 1 is 1.16 bits per heavy atom. The Hall–Kier alpha value is -1.29. The minimum atomic E-state index is -4.29. The number of hydrogen-bond acceptors (Lipinski definition) is 1. The van der Waals surface area contributed by atoms with Gasteiger partial charge in [0.25, 0.3) is 0 Å². The maximum absolute atomic E-state index is 13.0. The SMILES string of the molecule is CC(C)N1CC=C(c2ccccc2C(F)(F)F)CC1. The number of halogens is 3. The molecule has 0 N–H and O–H groups in total. The summed E-state index contributed by atoms with van der Waals surface area (Å²) >= 11 is 0. The quantitative estimate of drug-likeness (QED) is 0.777. The first-order valence-corrected chi connectivity index (χ1v) is 6.49. The van der Waals surface area contributed by atoms with Crippen molar-refractivity contribution in [3.05, 3.63) is 41.5 Å². The summed E-state index contributed by atoms with van der Waals surface area (Å²) in [7, 11) is 0. The van der Waals surface area contributed by atoms with Gasteiger partial charge in [-0.2, -0.15) is 13.2 Å². The molecular weight excluding hydrogens is 251 g/mol. The predicted molar refractivity (Wildman–Crippen MR) is 70.7 cm³/mol. The van der Waals surface area contributed by atoms with E-state index >= 15 is 0 Å². The molecule has 0 bridgehead atoms. The monoisotopic (exact) mass is 269 g/mol. The average molecular weight is 269 g/mol. The van der Waals surface area contributed by atoms with Crippen LogP contribution in [0, 0.1) is 0 Å². The normalized spacial score (nSPS) is 17.7. The van der Waals surface area contributed by atoms with Gasteiger partial charge in [-0.3, -0.25) is 4.90 Å². The van der Waals surface area contributed by atoms with Gasteiger partial charge in [-0.25, -0.2) is 0 Å². The topological polar surface area (TPSA) is 3.24 Å². The molecule has 4 heteroatoms. The van der Waals surface area contributed by atoms with Gasteiger partial charge in [-0.05, 0) is 37.5 Å². The van der Waals surface area contributed by atoms with E-state index in [-0.39, 0.29) is 0 Å². The molecule has 1 aromatic carbocycles. The van der Waals surface area contributed by atoms with Gasteiger partial charge in [0.1, 0.15) is 0 Å². The molecule has 2 rings (SSSR count). The lowest BCUT2D eigenvalue weighted by atomic mass is 9.94. The van der Waals surface area contributed by atoms with E-state index in [0.717, 1.165) is 24.7 Å². The summed E-state index contributed by atoms with van der Waals surface area (Å²) in [6.45, 7) is 5.74. The van der Waals surface area contributed by atoms with E-state index in [1.807, 2.05) is 6.08 Å². The maximum Gasteiger partial charge on any atom is 0.416 e. The zero-order valence-corrected chi connectivity index (χ0v) is 11.2. The fourth-order valence-electron chi connectivity index (χ4n) is 2.41. The Kier molecular flexibility index (Phi) is 3.99. The van der Waals surface area contributed by atoms with Gasteiger partial charge in [0.15, 0.2) is 0 Å². The summed E-state index contributed by atoms with van der Waals surface area (Å²) in [5.41, 5.74) is 0.613. The van der Waals surface area contributed by atoms with Crippen molar-refractivity contribution in [2.24, 2.45) is 0 Å². The Morgan fingerprint density at radius 2 is 1.84 bits per heavy atom. The lowest BCUT2D eigenvalue weighted by Crippen LogP contribution is -2.34. The van der Waals surface area contributed by atoms with Crippen LogP contribution in [0.5, 0.6) is 0 Å². The van der Waals surface area contributed by atoms with E-state index in [4.69, 9.17) is 0 Å². The second kappa shape index (κ2) is 5.37. The van der Waals surface area contributed by atoms with Crippen molar-refractivity contribution in [1.29, 1.82) is 0 Å². The van der Waals surface area contributed by atoms with Crippen LogP contribution in [-0.4, -0.2) is 24.0 Å². The van der Waals surface area contributed by atoms with E-state index in [1.54, 1.807) is 12.1 Å². The minimum Gasteiger partial charge on any atom is -0.297 e. The molecule has 1 heterocycles. The van der Waals surface area contributed by atoms with Crippen LogP contribution >= 0.6 is 0 Å². The van der Waals surface area contributed by atoms with Crippen molar-refractivity contribution in [2.45, 2.75) is 32.5 Å². The van der Waals surface area contributed by atoms with Crippen molar-refractivity contribution in [3.63, 3.8) is 0 Å². The third kappa shape index (κ3) is 3.18. The van der Waals surface area contributed by atoms with Crippen LogP contribution in [0.25, 0.3) is 5.57 Å². The fraction of sp³-hybridized carbons (Fsp3) is 0.467. The third-order valence-electron chi connectivity index (χ3n) is 3.55. The van der Waals surface area contributed by atoms with Gasteiger partial charge in [0, 0.05) is 19.1 Å². The molecule has 0 unspecified atom stereocenters. The van der Waals surface area contributed by atoms with E-state index in [0.29, 0.717) is 18.0 Å². The molecular formula is C15H18F3N. The summed E-state index contributed by atoms with van der Waals surface area (Å²) in [4.78, 5) is 2.25. The average Bonchev–Trinajstić information content (AvgIpc) is 2.38. The largest absolute Gasteiger partial charge is 0.416 e. The van der Waals surface area contributed by atoms with Crippen molar-refractivity contribution in [1.82, 2.24) is 4.90 Å². The summed E-state index contributed by atoms with van der Waals surface area (Å²) in [5.74, 6) is 0. The zero-order valence-electron chi connectivity index (χ0n) is 11.2. The third-order valence-corrected chi connectivity index (χ3v) is 3.55. The molecule has 0 amide bonds. The first-order chi connectivity index (χ1) is 8.89. The van der Waals surface area contributed by atoms with Gasteiger partial charge in [-0.15, -0.1) is 0 Å². The van der Waals surface area contributed by atoms with Crippen LogP contribution in [-0.2, 0) is 6.18 Å². The molecule has 0 saturated carbocycles. The van der Waals surface area contributed by atoms with Crippen LogP contribution in [0.1, 0.15) is 31.4 Å². The maximum atomic E-state index is 13.0. The minimum absolute atomic E-state index is 0.332. The second-order valence-electron chi connectivity index (χ2n) is 5.11. The molecule has 0 aliphatic carbocycles. The summed E-state index contributed by atoms with van der Waals surface area (Å²) < 4.78 is 38.9. The van der Waals surface area contributed by atoms with Crippen LogP contribution in [0.3, 0.4) is 0 Å². The van der Waals surface area contributed by atoms with Gasteiger partial charge < -0.3 is 0 Å². The fourth-order valence-corrected chi connectivity index (χ4v) is 2.41. The first kappa shape index (κ1) is 14.1. The van der Waals surface area contributed by atoms with Crippen LogP contribution < -0.4 is 0 Å². The Morgan fingerprint density at radius 3 is 2.37 bits per heavy atom. The lowest BCUT2D eigenvalue weighted by Gasteiger charge is -2.30. The Labute approximate surface area is 111 Å². The van der Waals surface area contributed by atoms with Gasteiger partial charge >= 0.3 is 6.18 Å². The molecule has 0 radical (unpaired) electrons. The van der Waals surface area contributed by atoms with Gasteiger partial charge in [0.05, 0.1) is 5.56 Å². The molecule has 0 fully saturated rings. The number of nitrogens with zero attached hydrogens (tertiary/aromatic N) is 1. The molecule has 1 nitrogen and oxygen atoms in total. The smallest absolute Gasteiger partial charge is 0.297 e. The van der Waals surface area contributed by atoms with Crippen molar-refractivity contribution < 1.29 is 13.2 Å². The summed E-state index contributed by atoms with van der Waals surface area (Å²) in [5, 5.41) is 0. The molecule has 1 aliphatic heterocycles. The molecule has 0 spiro atoms. The number of benzene rings is 1. The van der Waals surface area contributed by atoms with Gasteiger partial charge in [0.2, 0.25) is 0 Å². The lowest BCUT2D eigenvalue weighted by molar-refractivity contribution is -0.137. The second-order valence-corrected chi connectivity index (χ2v) is 5.11. The van der Waals surface area contributed by atoms with E-state index in [2.05, 4.69) is 18.7 Å². The highest BCUT2D eigenvalue weighted by Crippen LogP contribution is 2.36. The number of rotatable bonds is 2. The van der Waals surface area contributed by atoms with E-state index in [1.165, 1.54) is 6.07 Å². The van der Waals surface area contributed by atoms with Crippen molar-refractivity contribution >= 4 is 5.57 Å². The van der Waals surface area contributed by atoms with E-state index in [9.17, 15) is 13.2 Å². The molecule has 19 heavy (non-hydrogen) atoms. The highest BCUT2D eigenvalue weighted by Gasteiger charge is 2.34. The predicted octanol–water partition coefficient (Wildman–Crippen LogP) is 4.20. The van der Waals surface area contributed by atoms with Crippen LogP contribution in [0.2, 0.25) is 0 Å². The molecule has 104 valence electrons. The van der Waals surface area contributed by atoms with Gasteiger partial charge in [-0.1, -0.05) is 24.3 Å². The molecule has 1 aromatic rings. The highest BCUT2D eigenvalue weighted by molar-refractivity contribution is 5.69. The first-order valence-electron chi connectivity index (χ1n) is 6.49. The van der Waals surface area contributed by atoms with Crippen molar-refractivity contribution in [2.75, 3.05) is 13.1 Å². The molecule has 0 atom stereocenters. The summed E-state index contributed by atoms with van der Waals surface area (Å²) in [6, 6.07) is 6.26. The van der Waals surface area contributed by atoms with E-state index < -0.39 is 11.7 Å². The Balaban J connectivity index is 2.29. The molecule has 0 saturated heterocycles. The highest BCUT2D eigenvalue weighted by atomic mass is 19.4. The standard InChI is InChI=1S/C15H18F3N/c1-11(2)19-9-7-12(8-10-19)13-5-3-4-6-14(13)15(16,17)18/h3-7,11H,8-10H2,1-2H3. The zero-order chi connectivity index (χ0) is 14.0. The number of alkyl halides is 3.